The maximum Gasteiger partial charge on any atom is 0.308 e. The number of carboxylic acid groups (broad SMARTS) is 1. The number of pyridine rings is 1. The third kappa shape index (κ3) is 2.54. The smallest absolute Gasteiger partial charge is 0.308 e. The van der Waals surface area contributed by atoms with Crippen LogP contribution in [0.5, 0.6) is 0 Å². The van der Waals surface area contributed by atoms with E-state index < -0.39 is 46.2 Å². The highest BCUT2D eigenvalue weighted by molar-refractivity contribution is 5.73. The lowest BCUT2D eigenvalue weighted by atomic mass is 10.0. The van der Waals surface area contributed by atoms with E-state index in [1.165, 1.54) is 6.07 Å². The molecule has 0 spiro atoms. The molecule has 9 heteroatoms. The van der Waals surface area contributed by atoms with Gasteiger partial charge in [0.05, 0.1) is 22.5 Å². The molecule has 0 saturated carbocycles. The molecule has 1 heterocycles. The minimum Gasteiger partial charge on any atom is -0.481 e. The lowest BCUT2D eigenvalue weighted by Gasteiger charge is -2.08. The Bertz CT molecular complexity index is 553. The van der Waals surface area contributed by atoms with Crippen molar-refractivity contribution in [1.82, 2.24) is 4.98 Å². The molecule has 0 bridgehead atoms. The van der Waals surface area contributed by atoms with Crippen molar-refractivity contribution in [3.8, 4) is 6.07 Å². The maximum absolute atomic E-state index is 12.8. The summed E-state index contributed by atoms with van der Waals surface area (Å²) in [6, 6.07) is 1.35. The van der Waals surface area contributed by atoms with Crippen molar-refractivity contribution in [1.29, 1.82) is 5.26 Å². The van der Waals surface area contributed by atoms with Crippen molar-refractivity contribution in [3.63, 3.8) is 0 Å². The normalized spacial score (nSPS) is 10.1. The summed E-state index contributed by atoms with van der Waals surface area (Å²) in [5.41, 5.74) is -3.26. The zero-order valence-corrected chi connectivity index (χ0v) is 8.63. The Kier molecular flexibility index (Phi) is 3.83. The van der Waals surface area contributed by atoms with E-state index in [0.717, 1.165) is 0 Å². The molecule has 1 aromatic rings. The molecule has 0 radical (unpaired) electrons. The van der Waals surface area contributed by atoms with Gasteiger partial charge in [0.1, 0.15) is 18.0 Å². The number of halogens is 2. The number of aromatic nitrogens is 1. The quantitative estimate of drug-likeness (QED) is 0.643. The fraction of sp³-hybridized carbons (Fsp3) is 0.222. The molecule has 7 nitrogen and oxygen atoms in total. The number of hydrogen-bond donors (Lipinski definition) is 1. The highest BCUT2D eigenvalue weighted by Gasteiger charge is 2.28. The molecular formula is C9H5F2N3O4. The van der Waals surface area contributed by atoms with E-state index in [2.05, 4.69) is 4.98 Å². The highest BCUT2D eigenvalue weighted by Crippen LogP contribution is 2.31. The van der Waals surface area contributed by atoms with Crippen LogP contribution in [0.1, 0.15) is 23.2 Å². The summed E-state index contributed by atoms with van der Waals surface area (Å²) >= 11 is 0. The van der Waals surface area contributed by atoms with E-state index in [1.54, 1.807) is 0 Å². The molecule has 0 amide bonds. The van der Waals surface area contributed by atoms with E-state index >= 15 is 0 Å². The van der Waals surface area contributed by atoms with Gasteiger partial charge in [-0.3, -0.25) is 14.9 Å². The number of nitriles is 1. The number of aliphatic carboxylic acids is 1. The van der Waals surface area contributed by atoms with Crippen molar-refractivity contribution >= 4 is 11.7 Å². The van der Waals surface area contributed by atoms with Crippen LogP contribution >= 0.6 is 0 Å². The molecule has 0 aliphatic heterocycles. The average molecular weight is 257 g/mol. The fourth-order valence-electron chi connectivity index (χ4n) is 1.37. The number of alkyl halides is 2. The largest absolute Gasteiger partial charge is 0.481 e. The highest BCUT2D eigenvalue weighted by atomic mass is 19.3. The summed E-state index contributed by atoms with van der Waals surface area (Å²) < 4.78 is 25.5. The molecule has 1 aromatic heterocycles. The first-order valence-corrected chi connectivity index (χ1v) is 4.44. The van der Waals surface area contributed by atoms with Crippen LogP contribution in [-0.2, 0) is 11.2 Å². The average Bonchev–Trinajstić information content (AvgIpc) is 2.26. The van der Waals surface area contributed by atoms with Gasteiger partial charge in [-0.15, -0.1) is 0 Å². The van der Waals surface area contributed by atoms with Crippen LogP contribution in [-0.4, -0.2) is 21.0 Å². The number of hydrogen-bond acceptors (Lipinski definition) is 5. The number of carboxylic acids is 1. The summed E-state index contributed by atoms with van der Waals surface area (Å²) in [4.78, 5) is 23.4. The topological polar surface area (TPSA) is 117 Å². The number of carbonyl (C=O) groups is 1. The molecule has 94 valence electrons. The Hall–Kier alpha value is -2.63. The zero-order chi connectivity index (χ0) is 13.9. The van der Waals surface area contributed by atoms with E-state index in [0.29, 0.717) is 6.20 Å². The van der Waals surface area contributed by atoms with Crippen LogP contribution in [0, 0.1) is 21.4 Å². The molecule has 0 fully saturated rings. The molecule has 0 aliphatic carbocycles. The van der Waals surface area contributed by atoms with Gasteiger partial charge in [-0.05, 0) is 0 Å². The second-order valence-electron chi connectivity index (χ2n) is 3.12. The molecule has 0 saturated heterocycles. The Morgan fingerprint density at radius 3 is 2.67 bits per heavy atom. The molecule has 0 aromatic carbocycles. The predicted octanol–water partition coefficient (Wildman–Crippen LogP) is 1.43. The van der Waals surface area contributed by atoms with Gasteiger partial charge in [-0.2, -0.15) is 5.26 Å². The number of nitro groups is 1. The number of rotatable bonds is 4. The summed E-state index contributed by atoms with van der Waals surface area (Å²) in [6.07, 6.45) is -3.60. The monoisotopic (exact) mass is 257 g/mol. The third-order valence-electron chi connectivity index (χ3n) is 2.05. The summed E-state index contributed by atoms with van der Waals surface area (Å²) in [6.45, 7) is 0. The molecular weight excluding hydrogens is 252 g/mol. The van der Waals surface area contributed by atoms with Crippen molar-refractivity contribution in [2.75, 3.05) is 0 Å². The second-order valence-corrected chi connectivity index (χ2v) is 3.12. The Labute approximate surface area is 98.4 Å². The van der Waals surface area contributed by atoms with Gasteiger partial charge >= 0.3 is 5.97 Å². The van der Waals surface area contributed by atoms with E-state index in [9.17, 15) is 23.7 Å². The third-order valence-corrected chi connectivity index (χ3v) is 2.05. The van der Waals surface area contributed by atoms with Gasteiger partial charge in [0.2, 0.25) is 0 Å². The molecule has 1 rings (SSSR count). The van der Waals surface area contributed by atoms with Crippen LogP contribution in [0.3, 0.4) is 0 Å². The first-order chi connectivity index (χ1) is 8.38. The standard InChI is InChI=1S/C9H5F2N3O4/c10-9(11)8-4(1-7(15)16)6(14(17)18)3-13-5(8)2-12/h3,9H,1H2,(H,15,16). The zero-order valence-electron chi connectivity index (χ0n) is 8.63. The molecule has 1 N–H and O–H groups in total. The minimum atomic E-state index is -3.22. The van der Waals surface area contributed by atoms with Gasteiger partial charge in [0, 0.05) is 0 Å². The summed E-state index contributed by atoms with van der Waals surface area (Å²) in [7, 11) is 0. The Morgan fingerprint density at radius 1 is 1.67 bits per heavy atom. The van der Waals surface area contributed by atoms with Crippen molar-refractivity contribution in [2.45, 2.75) is 12.8 Å². The van der Waals surface area contributed by atoms with Crippen LogP contribution in [0.15, 0.2) is 6.20 Å². The molecule has 0 unspecified atom stereocenters. The van der Waals surface area contributed by atoms with Crippen LogP contribution in [0.25, 0.3) is 0 Å². The van der Waals surface area contributed by atoms with Crippen LogP contribution < -0.4 is 0 Å². The SMILES string of the molecule is N#Cc1ncc([N+](=O)[O-])c(CC(=O)O)c1C(F)F. The Morgan fingerprint density at radius 2 is 2.28 bits per heavy atom. The van der Waals surface area contributed by atoms with Gasteiger partial charge in [-0.25, -0.2) is 13.8 Å². The van der Waals surface area contributed by atoms with Gasteiger partial charge in [0.25, 0.3) is 12.1 Å². The molecule has 18 heavy (non-hydrogen) atoms. The van der Waals surface area contributed by atoms with Gasteiger partial charge < -0.3 is 5.11 Å². The maximum atomic E-state index is 12.8. The predicted molar refractivity (Wildman–Crippen MR) is 51.9 cm³/mol. The van der Waals surface area contributed by atoms with Crippen LogP contribution in [0.2, 0.25) is 0 Å². The van der Waals surface area contributed by atoms with Crippen molar-refractivity contribution in [2.24, 2.45) is 0 Å². The second kappa shape index (κ2) is 5.13. The van der Waals surface area contributed by atoms with Crippen molar-refractivity contribution in [3.05, 3.63) is 33.1 Å². The fourth-order valence-corrected chi connectivity index (χ4v) is 1.37. The van der Waals surface area contributed by atoms with E-state index in [1.807, 2.05) is 0 Å². The summed E-state index contributed by atoms with van der Waals surface area (Å²) in [5, 5.41) is 27.8. The summed E-state index contributed by atoms with van der Waals surface area (Å²) in [5.74, 6) is -1.52. The first-order valence-electron chi connectivity index (χ1n) is 4.44. The van der Waals surface area contributed by atoms with Gasteiger partial charge in [-0.1, -0.05) is 0 Å². The van der Waals surface area contributed by atoms with E-state index in [4.69, 9.17) is 10.4 Å². The minimum absolute atomic E-state index is 0.600. The first kappa shape index (κ1) is 13.4. The molecule has 0 atom stereocenters. The van der Waals surface area contributed by atoms with Gasteiger partial charge in [0.15, 0.2) is 0 Å². The Balaban J connectivity index is 3.60. The lowest BCUT2D eigenvalue weighted by molar-refractivity contribution is -0.386. The van der Waals surface area contributed by atoms with Crippen molar-refractivity contribution < 1.29 is 23.6 Å². The lowest BCUT2D eigenvalue weighted by Crippen LogP contribution is -2.10. The van der Waals surface area contributed by atoms with E-state index in [-0.39, 0.29) is 0 Å². The number of nitrogens with zero attached hydrogens (tertiary/aromatic N) is 3. The molecule has 0 aliphatic rings. The van der Waals surface area contributed by atoms with Crippen LogP contribution in [0.4, 0.5) is 14.5 Å².